The van der Waals surface area contributed by atoms with E-state index >= 15 is 0 Å². The molecule has 2 N–H and O–H groups in total. The Hall–Kier alpha value is -2.40. The lowest BCUT2D eigenvalue weighted by Gasteiger charge is -2.23. The van der Waals surface area contributed by atoms with Crippen molar-refractivity contribution in [3.8, 4) is 5.75 Å². The largest absolute Gasteiger partial charge is 0.483 e. The molecule has 0 saturated heterocycles. The Morgan fingerprint density at radius 3 is 2.83 bits per heavy atom. The standard InChI is InChI=1S/C18H18FNO3/c19-12-7-9-13(10-8-12)20-18(22)11-23-17-6-2-3-14-15(17)4-1-5-16(14)21/h2-3,6-10,16,21H,1,4-5,11H2,(H,20,22). The predicted molar refractivity (Wildman–Crippen MR) is 84.9 cm³/mol. The van der Waals surface area contributed by atoms with E-state index in [1.54, 1.807) is 0 Å². The number of amides is 1. The van der Waals surface area contributed by atoms with Crippen molar-refractivity contribution in [1.82, 2.24) is 0 Å². The summed E-state index contributed by atoms with van der Waals surface area (Å²) in [5, 5.41) is 12.7. The van der Waals surface area contributed by atoms with E-state index in [0.29, 0.717) is 11.4 Å². The van der Waals surface area contributed by atoms with Crippen LogP contribution in [0.3, 0.4) is 0 Å². The van der Waals surface area contributed by atoms with Gasteiger partial charge in [-0.05, 0) is 60.7 Å². The van der Waals surface area contributed by atoms with Crippen LogP contribution in [0.1, 0.15) is 30.1 Å². The predicted octanol–water partition coefficient (Wildman–Crippen LogP) is 3.21. The van der Waals surface area contributed by atoms with Crippen LogP contribution in [0.5, 0.6) is 5.75 Å². The third-order valence-corrected chi connectivity index (χ3v) is 3.92. The van der Waals surface area contributed by atoms with Gasteiger partial charge in [0.05, 0.1) is 6.10 Å². The molecular weight excluding hydrogens is 297 g/mol. The summed E-state index contributed by atoms with van der Waals surface area (Å²) in [6, 6.07) is 11.1. The zero-order chi connectivity index (χ0) is 16.2. The quantitative estimate of drug-likeness (QED) is 0.911. The first-order chi connectivity index (χ1) is 11.1. The second-order valence-corrected chi connectivity index (χ2v) is 5.58. The molecule has 0 aliphatic heterocycles. The first-order valence-corrected chi connectivity index (χ1v) is 7.61. The number of hydrogen-bond acceptors (Lipinski definition) is 3. The lowest BCUT2D eigenvalue weighted by Crippen LogP contribution is -2.21. The van der Waals surface area contributed by atoms with E-state index in [1.165, 1.54) is 24.3 Å². The number of carbonyl (C=O) groups is 1. The first kappa shape index (κ1) is 15.5. The highest BCUT2D eigenvalue weighted by Gasteiger charge is 2.21. The van der Waals surface area contributed by atoms with Crippen molar-refractivity contribution >= 4 is 11.6 Å². The van der Waals surface area contributed by atoms with Gasteiger partial charge in [0.2, 0.25) is 0 Å². The normalized spacial score (nSPS) is 16.5. The number of anilines is 1. The summed E-state index contributed by atoms with van der Waals surface area (Å²) in [6.07, 6.45) is 2.02. The molecule has 120 valence electrons. The molecule has 3 rings (SSSR count). The lowest BCUT2D eigenvalue weighted by molar-refractivity contribution is -0.118. The maximum atomic E-state index is 12.8. The number of ether oxygens (including phenoxy) is 1. The van der Waals surface area contributed by atoms with Crippen LogP contribution in [0.25, 0.3) is 0 Å². The molecule has 2 aromatic carbocycles. The average molecular weight is 315 g/mol. The van der Waals surface area contributed by atoms with Gasteiger partial charge in [0.15, 0.2) is 6.61 Å². The van der Waals surface area contributed by atoms with Gasteiger partial charge in [-0.2, -0.15) is 0 Å². The summed E-state index contributed by atoms with van der Waals surface area (Å²) in [5.41, 5.74) is 2.37. The molecule has 5 heteroatoms. The summed E-state index contributed by atoms with van der Waals surface area (Å²) >= 11 is 0. The molecule has 0 saturated carbocycles. The minimum atomic E-state index is -0.463. The van der Waals surface area contributed by atoms with Crippen molar-refractivity contribution in [1.29, 1.82) is 0 Å². The van der Waals surface area contributed by atoms with Gasteiger partial charge < -0.3 is 15.2 Å². The molecule has 0 aromatic heterocycles. The van der Waals surface area contributed by atoms with E-state index in [0.717, 1.165) is 30.4 Å². The van der Waals surface area contributed by atoms with E-state index in [4.69, 9.17) is 4.74 Å². The summed E-state index contributed by atoms with van der Waals surface area (Å²) in [5.74, 6) is -0.0326. The number of benzene rings is 2. The molecule has 0 radical (unpaired) electrons. The monoisotopic (exact) mass is 315 g/mol. The summed E-state index contributed by atoms with van der Waals surface area (Å²) < 4.78 is 18.4. The Labute approximate surface area is 133 Å². The highest BCUT2D eigenvalue weighted by molar-refractivity contribution is 5.91. The summed E-state index contributed by atoms with van der Waals surface area (Å²) in [4.78, 5) is 11.9. The molecule has 0 heterocycles. The molecule has 1 unspecified atom stereocenters. The van der Waals surface area contributed by atoms with E-state index in [-0.39, 0.29) is 18.3 Å². The van der Waals surface area contributed by atoms with Crippen LogP contribution in [-0.4, -0.2) is 17.6 Å². The van der Waals surface area contributed by atoms with Gasteiger partial charge in [-0.15, -0.1) is 0 Å². The van der Waals surface area contributed by atoms with Crippen LogP contribution in [0.4, 0.5) is 10.1 Å². The zero-order valence-electron chi connectivity index (χ0n) is 12.6. The van der Waals surface area contributed by atoms with Crippen molar-refractivity contribution in [2.75, 3.05) is 11.9 Å². The van der Waals surface area contributed by atoms with Crippen molar-refractivity contribution < 1.29 is 19.0 Å². The third-order valence-electron chi connectivity index (χ3n) is 3.92. The SMILES string of the molecule is O=C(COc1cccc2c1CCCC2O)Nc1ccc(F)cc1. The first-order valence-electron chi connectivity index (χ1n) is 7.61. The maximum Gasteiger partial charge on any atom is 0.262 e. The number of rotatable bonds is 4. The van der Waals surface area contributed by atoms with Gasteiger partial charge in [0.1, 0.15) is 11.6 Å². The third kappa shape index (κ3) is 3.68. The molecule has 0 fully saturated rings. The van der Waals surface area contributed by atoms with Crippen LogP contribution in [-0.2, 0) is 11.2 Å². The molecular formula is C18H18FNO3. The Bertz CT molecular complexity index is 700. The molecule has 0 bridgehead atoms. The second-order valence-electron chi connectivity index (χ2n) is 5.58. The van der Waals surface area contributed by atoms with Crippen molar-refractivity contribution in [3.05, 3.63) is 59.4 Å². The Balaban J connectivity index is 1.63. The molecule has 23 heavy (non-hydrogen) atoms. The topological polar surface area (TPSA) is 58.6 Å². The average Bonchev–Trinajstić information content (AvgIpc) is 2.55. The number of carbonyl (C=O) groups excluding carboxylic acids is 1. The van der Waals surface area contributed by atoms with E-state index in [2.05, 4.69) is 5.32 Å². The van der Waals surface area contributed by atoms with Crippen molar-refractivity contribution in [2.24, 2.45) is 0 Å². The minimum absolute atomic E-state index is 0.135. The molecule has 1 aliphatic rings. The fraction of sp³-hybridized carbons (Fsp3) is 0.278. The van der Waals surface area contributed by atoms with Crippen molar-refractivity contribution in [2.45, 2.75) is 25.4 Å². The molecule has 1 aliphatic carbocycles. The van der Waals surface area contributed by atoms with Crippen LogP contribution < -0.4 is 10.1 Å². The van der Waals surface area contributed by atoms with Gasteiger partial charge in [0.25, 0.3) is 5.91 Å². The highest BCUT2D eigenvalue weighted by atomic mass is 19.1. The second kappa shape index (κ2) is 6.79. The number of fused-ring (bicyclic) bond motifs is 1. The molecule has 4 nitrogen and oxygen atoms in total. The van der Waals surface area contributed by atoms with Crippen molar-refractivity contribution in [3.63, 3.8) is 0 Å². The number of nitrogens with one attached hydrogen (secondary N) is 1. The fourth-order valence-electron chi connectivity index (χ4n) is 2.80. The molecule has 2 aromatic rings. The van der Waals surface area contributed by atoms with Gasteiger partial charge in [-0.3, -0.25) is 4.79 Å². The van der Waals surface area contributed by atoms with Gasteiger partial charge in [0, 0.05) is 5.69 Å². The number of aliphatic hydroxyl groups excluding tert-OH is 1. The number of aliphatic hydroxyl groups is 1. The number of halogens is 1. The van der Waals surface area contributed by atoms with E-state index in [9.17, 15) is 14.3 Å². The summed E-state index contributed by atoms with van der Waals surface area (Å²) in [7, 11) is 0. The lowest BCUT2D eigenvalue weighted by atomic mass is 9.89. The minimum Gasteiger partial charge on any atom is -0.483 e. The zero-order valence-corrected chi connectivity index (χ0v) is 12.6. The summed E-state index contributed by atoms with van der Waals surface area (Å²) in [6.45, 7) is -0.135. The van der Waals surface area contributed by atoms with Gasteiger partial charge in [-0.1, -0.05) is 12.1 Å². The van der Waals surface area contributed by atoms with E-state index in [1.807, 2.05) is 18.2 Å². The Kier molecular flexibility index (Phi) is 4.57. The highest BCUT2D eigenvalue weighted by Crippen LogP contribution is 2.35. The van der Waals surface area contributed by atoms with E-state index < -0.39 is 6.10 Å². The van der Waals surface area contributed by atoms with Crippen LogP contribution in [0.15, 0.2) is 42.5 Å². The van der Waals surface area contributed by atoms with Gasteiger partial charge in [-0.25, -0.2) is 4.39 Å². The molecule has 1 amide bonds. The smallest absolute Gasteiger partial charge is 0.262 e. The van der Waals surface area contributed by atoms with Gasteiger partial charge >= 0.3 is 0 Å². The van der Waals surface area contributed by atoms with Crippen LogP contribution in [0, 0.1) is 5.82 Å². The van der Waals surface area contributed by atoms with Crippen LogP contribution >= 0.6 is 0 Å². The number of hydrogen-bond donors (Lipinski definition) is 2. The Morgan fingerprint density at radius 1 is 1.26 bits per heavy atom. The maximum absolute atomic E-state index is 12.8. The Morgan fingerprint density at radius 2 is 2.04 bits per heavy atom. The van der Waals surface area contributed by atoms with Crippen LogP contribution in [0.2, 0.25) is 0 Å². The molecule has 1 atom stereocenters. The molecule has 0 spiro atoms. The fourth-order valence-corrected chi connectivity index (χ4v) is 2.80.